The Balaban J connectivity index is 2.25. The number of nitrogens with zero attached hydrogens (tertiary/aromatic N) is 1. The monoisotopic (exact) mass is 276 g/mol. The molecule has 1 atom stereocenters. The molecule has 1 aromatic rings. The lowest BCUT2D eigenvalue weighted by Crippen LogP contribution is -2.54. The van der Waals surface area contributed by atoms with E-state index in [1.807, 2.05) is 30.9 Å². The Labute approximate surface area is 118 Å². The van der Waals surface area contributed by atoms with Crippen LogP contribution in [0.25, 0.3) is 0 Å². The Morgan fingerprint density at radius 2 is 2.35 bits per heavy atom. The molecule has 1 unspecified atom stereocenters. The van der Waals surface area contributed by atoms with Crippen molar-refractivity contribution < 1.29 is 14.3 Å². The maximum atomic E-state index is 12.1. The molecule has 1 fully saturated rings. The molecule has 1 saturated heterocycles. The van der Waals surface area contributed by atoms with E-state index in [4.69, 9.17) is 4.74 Å². The average Bonchev–Trinajstić information content (AvgIpc) is 2.47. The molecule has 1 amide bonds. The predicted octanol–water partition coefficient (Wildman–Crippen LogP) is 1.15. The normalized spacial score (nSPS) is 18.7. The maximum Gasteiger partial charge on any atom is 0.245 e. The van der Waals surface area contributed by atoms with Crippen LogP contribution in [0.3, 0.4) is 0 Å². The molecule has 0 aromatic heterocycles. The van der Waals surface area contributed by atoms with Gasteiger partial charge in [-0.1, -0.05) is 0 Å². The Hall–Kier alpha value is -1.88. The van der Waals surface area contributed by atoms with Gasteiger partial charge in [0.05, 0.1) is 13.2 Å². The average molecular weight is 276 g/mol. The summed E-state index contributed by atoms with van der Waals surface area (Å²) in [5.74, 6) is -0.0238. The van der Waals surface area contributed by atoms with Gasteiger partial charge in [0.25, 0.3) is 0 Å². The van der Waals surface area contributed by atoms with E-state index in [1.54, 1.807) is 6.07 Å². The maximum absolute atomic E-state index is 12.1. The number of aldehydes is 1. The number of aryl methyl sites for hydroxylation is 1. The van der Waals surface area contributed by atoms with Crippen molar-refractivity contribution in [3.05, 3.63) is 29.3 Å². The summed E-state index contributed by atoms with van der Waals surface area (Å²) in [7, 11) is 0. The first-order valence-corrected chi connectivity index (χ1v) is 6.85. The van der Waals surface area contributed by atoms with Crippen molar-refractivity contribution >= 4 is 17.9 Å². The fourth-order valence-electron chi connectivity index (χ4n) is 2.39. The molecule has 1 heterocycles. The molecule has 0 radical (unpaired) electrons. The van der Waals surface area contributed by atoms with Crippen molar-refractivity contribution in [3.8, 4) is 0 Å². The van der Waals surface area contributed by atoms with Gasteiger partial charge in [0, 0.05) is 24.3 Å². The van der Waals surface area contributed by atoms with Crippen LogP contribution in [0.1, 0.15) is 22.8 Å². The number of benzene rings is 1. The van der Waals surface area contributed by atoms with Gasteiger partial charge in [0.15, 0.2) is 0 Å². The van der Waals surface area contributed by atoms with Gasteiger partial charge in [-0.15, -0.1) is 0 Å². The molecular formula is C15H20N2O3. The molecule has 5 nitrogen and oxygen atoms in total. The number of likely N-dealkylation sites (N-methyl/N-ethyl adjacent to an activating group) is 1. The smallest absolute Gasteiger partial charge is 0.245 e. The molecule has 0 spiro atoms. The number of carbonyl (C=O) groups is 2. The molecule has 1 N–H and O–H groups in total. The van der Waals surface area contributed by atoms with E-state index in [1.165, 1.54) is 0 Å². The predicted molar refractivity (Wildman–Crippen MR) is 77.2 cm³/mol. The van der Waals surface area contributed by atoms with Gasteiger partial charge in [-0.2, -0.15) is 0 Å². The minimum atomic E-state index is -0.315. The van der Waals surface area contributed by atoms with Gasteiger partial charge >= 0.3 is 0 Å². The molecule has 2 rings (SSSR count). The lowest BCUT2D eigenvalue weighted by Gasteiger charge is -2.36. The van der Waals surface area contributed by atoms with Crippen LogP contribution in [-0.2, 0) is 9.53 Å². The lowest BCUT2D eigenvalue weighted by molar-refractivity contribution is -0.124. The van der Waals surface area contributed by atoms with E-state index in [-0.39, 0.29) is 11.9 Å². The van der Waals surface area contributed by atoms with Crippen LogP contribution in [0.5, 0.6) is 0 Å². The molecule has 108 valence electrons. The van der Waals surface area contributed by atoms with Crippen LogP contribution in [-0.4, -0.2) is 44.5 Å². The number of nitrogens with one attached hydrogen (secondary N) is 1. The Morgan fingerprint density at radius 1 is 1.55 bits per heavy atom. The van der Waals surface area contributed by atoms with Crippen LogP contribution < -0.4 is 10.2 Å². The first-order chi connectivity index (χ1) is 9.67. The standard InChI is InChI=1S/C15H20N2O3/c1-3-16-15(19)14-10-20-7-6-17(14)13-5-4-12(9-18)11(2)8-13/h4-5,8-9,14H,3,6-7,10H2,1-2H3,(H,16,19). The quantitative estimate of drug-likeness (QED) is 0.838. The number of carbonyl (C=O) groups excluding carboxylic acids is 2. The zero-order chi connectivity index (χ0) is 14.5. The summed E-state index contributed by atoms with van der Waals surface area (Å²) < 4.78 is 5.42. The summed E-state index contributed by atoms with van der Waals surface area (Å²) in [5.41, 5.74) is 2.54. The van der Waals surface area contributed by atoms with Gasteiger partial charge in [0.2, 0.25) is 5.91 Å². The fourth-order valence-corrected chi connectivity index (χ4v) is 2.39. The van der Waals surface area contributed by atoms with E-state index < -0.39 is 0 Å². The highest BCUT2D eigenvalue weighted by atomic mass is 16.5. The minimum absolute atomic E-state index is 0.0238. The van der Waals surface area contributed by atoms with E-state index in [2.05, 4.69) is 5.32 Å². The Morgan fingerprint density at radius 3 is 3.00 bits per heavy atom. The van der Waals surface area contributed by atoms with Crippen molar-refractivity contribution in [2.75, 3.05) is 31.2 Å². The number of hydrogen-bond donors (Lipinski definition) is 1. The summed E-state index contributed by atoms with van der Waals surface area (Å²) in [6.45, 7) is 6.06. The third kappa shape index (κ3) is 2.99. The summed E-state index contributed by atoms with van der Waals surface area (Å²) in [4.78, 5) is 25.0. The number of amides is 1. The van der Waals surface area contributed by atoms with Gasteiger partial charge in [0.1, 0.15) is 12.3 Å². The Kier molecular flexibility index (Phi) is 4.74. The van der Waals surface area contributed by atoms with Gasteiger partial charge in [-0.25, -0.2) is 0 Å². The van der Waals surface area contributed by atoms with Crippen LogP contribution >= 0.6 is 0 Å². The number of morpholine rings is 1. The number of ether oxygens (including phenoxy) is 1. The van der Waals surface area contributed by atoms with Crippen molar-refractivity contribution in [2.45, 2.75) is 19.9 Å². The zero-order valence-electron chi connectivity index (χ0n) is 11.9. The summed E-state index contributed by atoms with van der Waals surface area (Å²) in [6.07, 6.45) is 0.847. The highest BCUT2D eigenvalue weighted by Crippen LogP contribution is 2.22. The van der Waals surface area contributed by atoms with E-state index in [0.717, 1.165) is 17.5 Å². The highest BCUT2D eigenvalue weighted by Gasteiger charge is 2.29. The first kappa shape index (κ1) is 14.5. The van der Waals surface area contributed by atoms with Crippen molar-refractivity contribution in [3.63, 3.8) is 0 Å². The lowest BCUT2D eigenvalue weighted by atomic mass is 10.1. The molecule has 20 heavy (non-hydrogen) atoms. The summed E-state index contributed by atoms with van der Waals surface area (Å²) in [6, 6.07) is 5.31. The van der Waals surface area contributed by atoms with Gasteiger partial charge in [-0.05, 0) is 37.6 Å². The van der Waals surface area contributed by atoms with E-state index >= 15 is 0 Å². The van der Waals surface area contributed by atoms with Crippen LogP contribution in [0.15, 0.2) is 18.2 Å². The second-order valence-electron chi connectivity index (χ2n) is 4.84. The molecule has 0 aliphatic carbocycles. The largest absolute Gasteiger partial charge is 0.377 e. The third-order valence-electron chi connectivity index (χ3n) is 3.49. The topological polar surface area (TPSA) is 58.6 Å². The van der Waals surface area contributed by atoms with Gasteiger partial charge < -0.3 is 15.0 Å². The van der Waals surface area contributed by atoms with E-state index in [0.29, 0.717) is 31.9 Å². The second-order valence-corrected chi connectivity index (χ2v) is 4.84. The van der Waals surface area contributed by atoms with Crippen LogP contribution in [0.2, 0.25) is 0 Å². The van der Waals surface area contributed by atoms with Crippen LogP contribution in [0, 0.1) is 6.92 Å². The first-order valence-electron chi connectivity index (χ1n) is 6.85. The molecule has 0 bridgehead atoms. The second kappa shape index (κ2) is 6.52. The highest BCUT2D eigenvalue weighted by molar-refractivity contribution is 5.86. The minimum Gasteiger partial charge on any atom is -0.377 e. The molecule has 5 heteroatoms. The van der Waals surface area contributed by atoms with Gasteiger partial charge in [-0.3, -0.25) is 9.59 Å². The molecular weight excluding hydrogens is 256 g/mol. The van der Waals surface area contributed by atoms with Crippen LogP contribution in [0.4, 0.5) is 5.69 Å². The number of hydrogen-bond acceptors (Lipinski definition) is 4. The number of anilines is 1. The van der Waals surface area contributed by atoms with Crippen molar-refractivity contribution in [1.82, 2.24) is 5.32 Å². The zero-order valence-corrected chi connectivity index (χ0v) is 11.9. The van der Waals surface area contributed by atoms with E-state index in [9.17, 15) is 9.59 Å². The third-order valence-corrected chi connectivity index (χ3v) is 3.49. The molecule has 1 aliphatic heterocycles. The Bertz CT molecular complexity index is 502. The fraction of sp³-hybridized carbons (Fsp3) is 0.467. The molecule has 1 aromatic carbocycles. The molecule has 0 saturated carbocycles. The summed E-state index contributed by atoms with van der Waals surface area (Å²) >= 11 is 0. The molecule has 1 aliphatic rings. The SMILES string of the molecule is CCNC(=O)C1COCCN1c1ccc(C=O)c(C)c1. The number of rotatable bonds is 4. The summed E-state index contributed by atoms with van der Waals surface area (Å²) in [5, 5.41) is 2.84. The van der Waals surface area contributed by atoms with Crippen molar-refractivity contribution in [2.24, 2.45) is 0 Å². The van der Waals surface area contributed by atoms with Crippen molar-refractivity contribution in [1.29, 1.82) is 0 Å².